The standard InChI is InChI=1S/C17H28N2S/c1-3-5-15-16(11-18-14-8-9-14)20-17(19-15)13-7-6-12(4-2)10-13/h12-14,18H,3-11H2,1-2H3. The molecule has 2 aliphatic carbocycles. The first-order chi connectivity index (χ1) is 9.80. The zero-order valence-corrected chi connectivity index (χ0v) is 13.8. The number of thiazole rings is 1. The molecule has 2 saturated carbocycles. The van der Waals surface area contributed by atoms with Gasteiger partial charge < -0.3 is 5.32 Å². The first-order valence-electron chi connectivity index (χ1n) is 8.52. The first kappa shape index (κ1) is 14.5. The number of nitrogens with zero attached hydrogens (tertiary/aromatic N) is 1. The summed E-state index contributed by atoms with van der Waals surface area (Å²) in [5.74, 6) is 1.71. The number of hydrogen-bond donors (Lipinski definition) is 1. The lowest BCUT2D eigenvalue weighted by atomic mass is 10.0. The molecule has 112 valence electrons. The molecule has 1 N–H and O–H groups in total. The predicted octanol–water partition coefficient (Wildman–Crippen LogP) is 4.64. The first-order valence-corrected chi connectivity index (χ1v) is 9.33. The zero-order chi connectivity index (χ0) is 13.9. The van der Waals surface area contributed by atoms with Gasteiger partial charge in [0.25, 0.3) is 0 Å². The molecule has 2 unspecified atom stereocenters. The molecule has 0 spiro atoms. The maximum atomic E-state index is 5.03. The fraction of sp³-hybridized carbons (Fsp3) is 0.824. The number of nitrogens with one attached hydrogen (secondary N) is 1. The van der Waals surface area contributed by atoms with Crippen LogP contribution in [0.3, 0.4) is 0 Å². The van der Waals surface area contributed by atoms with Gasteiger partial charge in [-0.05, 0) is 44.4 Å². The summed E-state index contributed by atoms with van der Waals surface area (Å²) in [7, 11) is 0. The summed E-state index contributed by atoms with van der Waals surface area (Å²) in [5.41, 5.74) is 1.39. The Balaban J connectivity index is 1.68. The van der Waals surface area contributed by atoms with Gasteiger partial charge in [-0.1, -0.05) is 26.7 Å². The lowest BCUT2D eigenvalue weighted by Gasteiger charge is -2.06. The van der Waals surface area contributed by atoms with Crippen molar-refractivity contribution in [1.82, 2.24) is 10.3 Å². The molecule has 20 heavy (non-hydrogen) atoms. The number of aryl methyl sites for hydroxylation is 1. The van der Waals surface area contributed by atoms with Crippen LogP contribution >= 0.6 is 11.3 Å². The Kier molecular flexibility index (Phi) is 4.77. The fourth-order valence-electron chi connectivity index (χ4n) is 3.34. The Morgan fingerprint density at radius 2 is 2.05 bits per heavy atom. The summed E-state index contributed by atoms with van der Waals surface area (Å²) in [4.78, 5) is 6.55. The summed E-state index contributed by atoms with van der Waals surface area (Å²) in [5, 5.41) is 5.11. The van der Waals surface area contributed by atoms with Gasteiger partial charge >= 0.3 is 0 Å². The summed E-state index contributed by atoms with van der Waals surface area (Å²) < 4.78 is 0. The molecule has 0 amide bonds. The molecular weight excluding hydrogens is 264 g/mol. The fourth-order valence-corrected chi connectivity index (χ4v) is 4.55. The van der Waals surface area contributed by atoms with Crippen molar-refractivity contribution >= 4 is 11.3 Å². The third kappa shape index (κ3) is 3.43. The van der Waals surface area contributed by atoms with Crippen molar-refractivity contribution in [3.05, 3.63) is 15.6 Å². The average Bonchev–Trinajstić information content (AvgIpc) is 3.01. The van der Waals surface area contributed by atoms with Crippen molar-refractivity contribution in [3.8, 4) is 0 Å². The molecule has 1 heterocycles. The van der Waals surface area contributed by atoms with Gasteiger partial charge in [0, 0.05) is 23.4 Å². The Labute approximate surface area is 127 Å². The van der Waals surface area contributed by atoms with Gasteiger partial charge in [0.05, 0.1) is 10.7 Å². The lowest BCUT2D eigenvalue weighted by molar-refractivity contribution is 0.520. The second-order valence-corrected chi connectivity index (χ2v) is 7.73. The van der Waals surface area contributed by atoms with E-state index >= 15 is 0 Å². The van der Waals surface area contributed by atoms with Gasteiger partial charge in [0.2, 0.25) is 0 Å². The summed E-state index contributed by atoms with van der Waals surface area (Å²) in [6.45, 7) is 5.66. The predicted molar refractivity (Wildman–Crippen MR) is 86.3 cm³/mol. The van der Waals surface area contributed by atoms with Crippen LogP contribution in [0.4, 0.5) is 0 Å². The highest BCUT2D eigenvalue weighted by Crippen LogP contribution is 2.41. The van der Waals surface area contributed by atoms with Crippen LogP contribution in [-0.4, -0.2) is 11.0 Å². The maximum Gasteiger partial charge on any atom is 0.0962 e. The van der Waals surface area contributed by atoms with Gasteiger partial charge in [0.1, 0.15) is 0 Å². The summed E-state index contributed by atoms with van der Waals surface area (Å²) in [6.07, 6.45) is 10.6. The molecule has 0 radical (unpaired) electrons. The van der Waals surface area contributed by atoms with Crippen molar-refractivity contribution < 1.29 is 0 Å². The normalized spacial score (nSPS) is 26.3. The smallest absolute Gasteiger partial charge is 0.0962 e. The van der Waals surface area contributed by atoms with E-state index in [9.17, 15) is 0 Å². The molecule has 0 aromatic carbocycles. The minimum absolute atomic E-state index is 0.759. The van der Waals surface area contributed by atoms with E-state index in [1.54, 1.807) is 0 Å². The van der Waals surface area contributed by atoms with E-state index in [4.69, 9.17) is 4.98 Å². The molecule has 3 heteroatoms. The van der Waals surface area contributed by atoms with E-state index in [-0.39, 0.29) is 0 Å². The lowest BCUT2D eigenvalue weighted by Crippen LogP contribution is -2.15. The molecule has 0 aliphatic heterocycles. The second kappa shape index (κ2) is 6.57. The van der Waals surface area contributed by atoms with Crippen molar-refractivity contribution in [2.75, 3.05) is 0 Å². The van der Waals surface area contributed by atoms with Crippen LogP contribution in [0.15, 0.2) is 0 Å². The van der Waals surface area contributed by atoms with E-state index < -0.39 is 0 Å². The molecule has 3 rings (SSSR count). The molecule has 0 saturated heterocycles. The molecular formula is C17H28N2S. The van der Waals surface area contributed by atoms with Crippen LogP contribution in [0.25, 0.3) is 0 Å². The molecule has 1 aromatic rings. The van der Waals surface area contributed by atoms with Crippen LogP contribution < -0.4 is 5.32 Å². The summed E-state index contributed by atoms with van der Waals surface area (Å²) in [6, 6.07) is 0.797. The van der Waals surface area contributed by atoms with Gasteiger partial charge in [-0.25, -0.2) is 4.98 Å². The molecule has 2 aliphatic rings. The Bertz CT molecular complexity index is 436. The van der Waals surface area contributed by atoms with Crippen LogP contribution in [0.5, 0.6) is 0 Å². The van der Waals surface area contributed by atoms with Crippen LogP contribution in [0, 0.1) is 5.92 Å². The van der Waals surface area contributed by atoms with Gasteiger partial charge in [-0.3, -0.25) is 0 Å². The topological polar surface area (TPSA) is 24.9 Å². The highest BCUT2D eigenvalue weighted by Gasteiger charge is 2.28. The van der Waals surface area contributed by atoms with Gasteiger partial charge in [0.15, 0.2) is 0 Å². The monoisotopic (exact) mass is 292 g/mol. The Hall–Kier alpha value is -0.410. The quantitative estimate of drug-likeness (QED) is 0.792. The Morgan fingerprint density at radius 1 is 1.20 bits per heavy atom. The molecule has 2 fully saturated rings. The highest BCUT2D eigenvalue weighted by atomic mass is 32.1. The molecule has 2 nitrogen and oxygen atoms in total. The van der Waals surface area contributed by atoms with Crippen LogP contribution in [0.1, 0.15) is 80.3 Å². The number of hydrogen-bond acceptors (Lipinski definition) is 3. The van der Waals surface area contributed by atoms with Gasteiger partial charge in [-0.15, -0.1) is 11.3 Å². The van der Waals surface area contributed by atoms with E-state index in [0.717, 1.165) is 30.8 Å². The van der Waals surface area contributed by atoms with Crippen molar-refractivity contribution in [3.63, 3.8) is 0 Å². The van der Waals surface area contributed by atoms with E-state index in [1.165, 1.54) is 60.5 Å². The molecule has 0 bridgehead atoms. The van der Waals surface area contributed by atoms with Crippen molar-refractivity contribution in [2.24, 2.45) is 5.92 Å². The molecule has 2 atom stereocenters. The van der Waals surface area contributed by atoms with Crippen molar-refractivity contribution in [2.45, 2.75) is 83.7 Å². The Morgan fingerprint density at radius 3 is 2.70 bits per heavy atom. The third-order valence-electron chi connectivity index (χ3n) is 4.88. The number of rotatable bonds is 7. The maximum absolute atomic E-state index is 5.03. The van der Waals surface area contributed by atoms with Crippen LogP contribution in [0.2, 0.25) is 0 Å². The molecule has 1 aromatic heterocycles. The van der Waals surface area contributed by atoms with E-state index in [0.29, 0.717) is 0 Å². The average molecular weight is 292 g/mol. The number of aromatic nitrogens is 1. The second-order valence-electron chi connectivity index (χ2n) is 6.61. The largest absolute Gasteiger partial charge is 0.309 e. The minimum atomic E-state index is 0.759. The van der Waals surface area contributed by atoms with E-state index in [1.807, 2.05) is 11.3 Å². The third-order valence-corrected chi connectivity index (χ3v) is 6.14. The highest BCUT2D eigenvalue weighted by molar-refractivity contribution is 7.11. The zero-order valence-electron chi connectivity index (χ0n) is 13.0. The summed E-state index contributed by atoms with van der Waals surface area (Å²) >= 11 is 2.01. The van der Waals surface area contributed by atoms with Crippen molar-refractivity contribution in [1.29, 1.82) is 0 Å². The van der Waals surface area contributed by atoms with Crippen LogP contribution in [-0.2, 0) is 13.0 Å². The van der Waals surface area contributed by atoms with E-state index in [2.05, 4.69) is 19.2 Å². The van der Waals surface area contributed by atoms with Gasteiger partial charge in [-0.2, -0.15) is 0 Å². The minimum Gasteiger partial charge on any atom is -0.309 e. The SMILES string of the molecule is CCCc1nc(C2CCC(CC)C2)sc1CNC1CC1.